The van der Waals surface area contributed by atoms with Crippen molar-refractivity contribution in [2.75, 3.05) is 13.1 Å². The summed E-state index contributed by atoms with van der Waals surface area (Å²) in [5.41, 5.74) is 5.61. The van der Waals surface area contributed by atoms with E-state index in [-0.39, 0.29) is 0 Å². The van der Waals surface area contributed by atoms with E-state index in [1.807, 2.05) is 0 Å². The van der Waals surface area contributed by atoms with Gasteiger partial charge in [-0.15, -0.1) is 0 Å². The quantitative estimate of drug-likeness (QED) is 0.779. The fourth-order valence-electron chi connectivity index (χ4n) is 3.61. The fourth-order valence-corrected chi connectivity index (χ4v) is 3.61. The summed E-state index contributed by atoms with van der Waals surface area (Å²) in [5, 5.41) is 0. The summed E-state index contributed by atoms with van der Waals surface area (Å²) in [5.74, 6) is 2.76. The Hall–Kier alpha value is -1.38. The number of allylic oxidation sites excluding steroid dienone is 1. The van der Waals surface area contributed by atoms with Crippen LogP contribution >= 0.6 is 0 Å². The van der Waals surface area contributed by atoms with Gasteiger partial charge in [-0.25, -0.2) is 0 Å². The highest BCUT2D eigenvalue weighted by atomic mass is 16.5. The van der Waals surface area contributed by atoms with Crippen LogP contribution in [0.3, 0.4) is 0 Å². The second-order valence-corrected chi connectivity index (χ2v) is 6.58. The third-order valence-electron chi connectivity index (χ3n) is 5.13. The van der Waals surface area contributed by atoms with Crippen molar-refractivity contribution in [1.82, 2.24) is 4.90 Å². The van der Waals surface area contributed by atoms with Gasteiger partial charge >= 0.3 is 0 Å². The molecule has 1 saturated carbocycles. The molecule has 2 fully saturated rings. The van der Waals surface area contributed by atoms with Crippen molar-refractivity contribution in [3.63, 3.8) is 0 Å². The zero-order chi connectivity index (χ0) is 13.9. The minimum atomic E-state index is 0.324. The lowest BCUT2D eigenvalue weighted by molar-refractivity contribution is 0.0441. The first-order valence-electron chi connectivity index (χ1n) is 7.66. The zero-order valence-corrected chi connectivity index (χ0v) is 12.4. The molecule has 2 heterocycles. The summed E-state index contributed by atoms with van der Waals surface area (Å²) in [6.45, 7) is 10.2. The maximum Gasteiger partial charge on any atom is 0.133 e. The van der Waals surface area contributed by atoms with E-state index in [1.165, 1.54) is 17.5 Å². The first-order valence-corrected chi connectivity index (χ1v) is 7.66. The second kappa shape index (κ2) is 4.31. The van der Waals surface area contributed by atoms with Gasteiger partial charge in [0.1, 0.15) is 19.1 Å². The number of benzene rings is 1. The van der Waals surface area contributed by atoms with E-state index in [9.17, 15) is 0 Å². The third-order valence-corrected chi connectivity index (χ3v) is 5.13. The average molecular weight is 266 g/mol. The van der Waals surface area contributed by atoms with E-state index in [4.69, 9.17) is 4.74 Å². The lowest BCUT2D eigenvalue weighted by Gasteiger charge is -2.41. The molecule has 3 heteroatoms. The largest absolute Gasteiger partial charge is 0.486 e. The Labute approximate surface area is 122 Å². The lowest BCUT2D eigenvalue weighted by Crippen LogP contribution is -2.52. The molecule has 1 radical (unpaired) electrons. The topological polar surface area (TPSA) is 12.5 Å². The number of ether oxygens (including phenoxy) is 1. The van der Waals surface area contributed by atoms with Gasteiger partial charge in [-0.1, -0.05) is 31.2 Å². The fraction of sp³-hybridized carbons (Fsp3) is 0.529. The summed E-state index contributed by atoms with van der Waals surface area (Å²) in [6, 6.07) is 4.50. The summed E-state index contributed by atoms with van der Waals surface area (Å²) >= 11 is 0. The first kappa shape index (κ1) is 12.4. The Kier molecular flexibility index (Phi) is 2.67. The highest BCUT2D eigenvalue weighted by Crippen LogP contribution is 2.57. The number of hydrogen-bond acceptors (Lipinski definition) is 2. The van der Waals surface area contributed by atoms with Crippen LogP contribution in [0.4, 0.5) is 0 Å². The smallest absolute Gasteiger partial charge is 0.133 e. The molecule has 2 atom stereocenters. The number of nitrogens with zero attached hydrogens (tertiary/aromatic N) is 1. The Morgan fingerprint density at radius 2 is 2.20 bits per heavy atom. The summed E-state index contributed by atoms with van der Waals surface area (Å²) in [4.78, 5) is 2.26. The van der Waals surface area contributed by atoms with Crippen LogP contribution in [0.15, 0.2) is 24.4 Å². The molecule has 2 nitrogen and oxygen atoms in total. The van der Waals surface area contributed by atoms with Gasteiger partial charge in [-0.3, -0.25) is 0 Å². The van der Waals surface area contributed by atoms with Crippen LogP contribution in [-0.2, 0) is 6.32 Å². The van der Waals surface area contributed by atoms with Crippen molar-refractivity contribution in [2.45, 2.75) is 44.4 Å². The number of hydrogen-bond donors (Lipinski definition) is 0. The SMILES string of the molecule is C=C(C)N1CC(Oc2ccc3c(c2C)C[B]C2CC32)C1. The third kappa shape index (κ3) is 1.87. The highest BCUT2D eigenvalue weighted by Gasteiger charge is 2.43. The molecule has 2 aliphatic heterocycles. The Balaban J connectivity index is 1.51. The Morgan fingerprint density at radius 3 is 2.95 bits per heavy atom. The lowest BCUT2D eigenvalue weighted by atomic mass is 9.61. The summed E-state index contributed by atoms with van der Waals surface area (Å²) in [6.07, 6.45) is 2.81. The van der Waals surface area contributed by atoms with E-state index in [1.54, 1.807) is 5.56 Å². The minimum absolute atomic E-state index is 0.324. The van der Waals surface area contributed by atoms with Crippen molar-refractivity contribution in [3.8, 4) is 5.75 Å². The molecule has 1 aromatic rings. The maximum absolute atomic E-state index is 6.18. The van der Waals surface area contributed by atoms with Crippen molar-refractivity contribution in [1.29, 1.82) is 0 Å². The zero-order valence-electron chi connectivity index (χ0n) is 12.4. The molecule has 103 valence electrons. The van der Waals surface area contributed by atoms with Crippen molar-refractivity contribution < 1.29 is 4.74 Å². The van der Waals surface area contributed by atoms with Crippen LogP contribution in [0.25, 0.3) is 0 Å². The molecule has 0 amide bonds. The van der Waals surface area contributed by atoms with Crippen LogP contribution in [0.5, 0.6) is 5.75 Å². The van der Waals surface area contributed by atoms with Gasteiger partial charge in [0.15, 0.2) is 0 Å². The molecule has 1 aromatic carbocycles. The molecular formula is C17H21BNO. The molecule has 2 unspecified atom stereocenters. The highest BCUT2D eigenvalue weighted by molar-refractivity contribution is 6.39. The van der Waals surface area contributed by atoms with Gasteiger partial charge in [-0.05, 0) is 42.5 Å². The summed E-state index contributed by atoms with van der Waals surface area (Å²) < 4.78 is 6.18. The van der Waals surface area contributed by atoms with E-state index in [0.29, 0.717) is 6.10 Å². The number of likely N-dealkylation sites (tertiary alicyclic amines) is 1. The normalized spacial score (nSPS) is 27.0. The molecule has 1 aliphatic carbocycles. The van der Waals surface area contributed by atoms with Gasteiger partial charge in [0.2, 0.25) is 0 Å². The van der Waals surface area contributed by atoms with Crippen LogP contribution < -0.4 is 4.74 Å². The minimum Gasteiger partial charge on any atom is -0.486 e. The molecule has 4 rings (SSSR count). The predicted molar refractivity (Wildman–Crippen MR) is 82.5 cm³/mol. The van der Waals surface area contributed by atoms with E-state index >= 15 is 0 Å². The standard InChI is InChI=1S/C17H21BNO/c1-10(2)19-8-12(9-19)20-17-5-4-13-14-6-16(14)18-7-15(13)11(17)3/h4-5,12,14,16H,1,6-9H2,2-3H3. The molecular weight excluding hydrogens is 245 g/mol. The Bertz CT molecular complexity index is 577. The Morgan fingerprint density at radius 1 is 1.40 bits per heavy atom. The van der Waals surface area contributed by atoms with Crippen molar-refractivity contribution >= 4 is 7.28 Å². The molecule has 20 heavy (non-hydrogen) atoms. The van der Waals surface area contributed by atoms with Crippen LogP contribution in [0, 0.1) is 6.92 Å². The van der Waals surface area contributed by atoms with E-state index in [0.717, 1.165) is 42.6 Å². The maximum atomic E-state index is 6.18. The first-order chi connectivity index (χ1) is 9.63. The average Bonchev–Trinajstić information content (AvgIpc) is 3.14. The van der Waals surface area contributed by atoms with Crippen molar-refractivity contribution in [3.05, 3.63) is 41.1 Å². The molecule has 3 aliphatic rings. The van der Waals surface area contributed by atoms with Gasteiger partial charge < -0.3 is 9.64 Å². The monoisotopic (exact) mass is 266 g/mol. The van der Waals surface area contributed by atoms with Crippen LogP contribution in [0.2, 0.25) is 5.82 Å². The van der Waals surface area contributed by atoms with E-state index in [2.05, 4.69) is 44.7 Å². The predicted octanol–water partition coefficient (Wildman–Crippen LogP) is 3.09. The van der Waals surface area contributed by atoms with Crippen LogP contribution in [-0.4, -0.2) is 31.4 Å². The molecule has 0 aromatic heterocycles. The molecule has 0 N–H and O–H groups in total. The number of rotatable bonds is 3. The number of fused-ring (bicyclic) bond motifs is 3. The molecule has 1 saturated heterocycles. The summed E-state index contributed by atoms with van der Waals surface area (Å²) in [7, 11) is 2.50. The van der Waals surface area contributed by atoms with Crippen molar-refractivity contribution in [2.24, 2.45) is 0 Å². The van der Waals surface area contributed by atoms with Gasteiger partial charge in [0.05, 0.1) is 13.1 Å². The van der Waals surface area contributed by atoms with Crippen LogP contribution in [0.1, 0.15) is 36.0 Å². The van der Waals surface area contributed by atoms with Gasteiger partial charge in [0.25, 0.3) is 0 Å². The molecule has 0 bridgehead atoms. The van der Waals surface area contributed by atoms with Gasteiger partial charge in [0, 0.05) is 5.70 Å². The second-order valence-electron chi connectivity index (χ2n) is 6.58. The molecule has 0 spiro atoms. The van der Waals surface area contributed by atoms with E-state index < -0.39 is 0 Å². The van der Waals surface area contributed by atoms with Gasteiger partial charge in [-0.2, -0.15) is 0 Å².